The maximum atomic E-state index is 12.4. The van der Waals surface area contributed by atoms with E-state index in [4.69, 9.17) is 10.5 Å². The highest BCUT2D eigenvalue weighted by molar-refractivity contribution is 7.99. The molecular formula is C22H23N5O4S2. The fourth-order valence-corrected chi connectivity index (χ4v) is 4.25. The van der Waals surface area contributed by atoms with Crippen LogP contribution in [0.4, 0.5) is 5.69 Å². The SMILES string of the molecule is CCOC(=O)/C=C/c1ccc(NC(=O)CSc2nnc(-c3cccs3)n2CCC(N)=O)cc1. The second kappa shape index (κ2) is 12.0. The summed E-state index contributed by atoms with van der Waals surface area (Å²) in [6.07, 6.45) is 3.14. The van der Waals surface area contributed by atoms with Gasteiger partial charge in [-0.15, -0.1) is 21.5 Å². The molecule has 0 aliphatic rings. The van der Waals surface area contributed by atoms with Crippen LogP contribution < -0.4 is 11.1 Å². The molecule has 0 bridgehead atoms. The van der Waals surface area contributed by atoms with Crippen molar-refractivity contribution in [2.24, 2.45) is 5.73 Å². The van der Waals surface area contributed by atoms with Gasteiger partial charge in [-0.25, -0.2) is 4.79 Å². The number of amides is 2. The Balaban J connectivity index is 1.59. The number of carbonyl (C=O) groups is 3. The number of nitrogens with two attached hydrogens (primary N) is 1. The van der Waals surface area contributed by atoms with Gasteiger partial charge in [0.1, 0.15) is 0 Å². The highest BCUT2D eigenvalue weighted by Gasteiger charge is 2.17. The molecule has 3 rings (SSSR count). The number of aromatic nitrogens is 3. The number of nitrogens with one attached hydrogen (secondary N) is 1. The van der Waals surface area contributed by atoms with E-state index in [0.717, 1.165) is 10.4 Å². The van der Waals surface area contributed by atoms with Crippen LogP contribution >= 0.6 is 23.1 Å². The molecule has 0 aliphatic heterocycles. The Labute approximate surface area is 199 Å². The third-order valence-corrected chi connectivity index (χ3v) is 6.10. The number of rotatable bonds is 11. The molecule has 0 radical (unpaired) electrons. The lowest BCUT2D eigenvalue weighted by atomic mass is 10.2. The van der Waals surface area contributed by atoms with Crippen molar-refractivity contribution in [3.8, 4) is 10.7 Å². The molecular weight excluding hydrogens is 462 g/mol. The molecule has 11 heteroatoms. The summed E-state index contributed by atoms with van der Waals surface area (Å²) in [6, 6.07) is 10.9. The molecule has 33 heavy (non-hydrogen) atoms. The Bertz CT molecular complexity index is 1120. The van der Waals surface area contributed by atoms with Crippen molar-refractivity contribution in [3.05, 3.63) is 53.4 Å². The van der Waals surface area contributed by atoms with Crippen LogP contribution in [0, 0.1) is 0 Å². The molecule has 0 atom stereocenters. The van der Waals surface area contributed by atoms with Gasteiger partial charge in [-0.2, -0.15) is 0 Å². The van der Waals surface area contributed by atoms with Gasteiger partial charge in [0.25, 0.3) is 0 Å². The van der Waals surface area contributed by atoms with Gasteiger partial charge < -0.3 is 20.4 Å². The summed E-state index contributed by atoms with van der Waals surface area (Å²) in [4.78, 5) is 36.0. The first-order valence-corrected chi connectivity index (χ1v) is 12.0. The normalized spacial score (nSPS) is 10.9. The fourth-order valence-electron chi connectivity index (χ4n) is 2.77. The van der Waals surface area contributed by atoms with E-state index in [1.807, 2.05) is 17.5 Å². The Morgan fingerprint density at radius 2 is 2.00 bits per heavy atom. The summed E-state index contributed by atoms with van der Waals surface area (Å²) in [7, 11) is 0. The van der Waals surface area contributed by atoms with Crippen LogP contribution in [0.1, 0.15) is 18.9 Å². The molecule has 0 unspecified atom stereocenters. The van der Waals surface area contributed by atoms with E-state index < -0.39 is 11.9 Å². The number of hydrogen-bond donors (Lipinski definition) is 2. The van der Waals surface area contributed by atoms with Crippen LogP contribution in [0.25, 0.3) is 16.8 Å². The van der Waals surface area contributed by atoms with Crippen molar-refractivity contribution < 1.29 is 19.1 Å². The van der Waals surface area contributed by atoms with E-state index in [0.29, 0.717) is 29.8 Å². The van der Waals surface area contributed by atoms with Crippen molar-refractivity contribution in [1.29, 1.82) is 0 Å². The highest BCUT2D eigenvalue weighted by Crippen LogP contribution is 2.27. The lowest BCUT2D eigenvalue weighted by Crippen LogP contribution is -2.16. The van der Waals surface area contributed by atoms with Crippen molar-refractivity contribution in [1.82, 2.24) is 14.8 Å². The number of hydrogen-bond acceptors (Lipinski definition) is 8. The maximum Gasteiger partial charge on any atom is 0.330 e. The summed E-state index contributed by atoms with van der Waals surface area (Å²) in [5.41, 5.74) is 6.74. The molecule has 0 saturated heterocycles. The number of thiophene rings is 1. The third kappa shape index (κ3) is 7.29. The standard InChI is InChI=1S/C22H23N5O4S2/c1-2-31-20(30)10-7-15-5-8-16(9-6-15)24-19(29)14-33-22-26-25-21(17-4-3-13-32-17)27(22)12-11-18(23)28/h3-10,13H,2,11-12,14H2,1H3,(H2,23,28)(H,24,29)/b10-7+. The van der Waals surface area contributed by atoms with Crippen molar-refractivity contribution in [3.63, 3.8) is 0 Å². The number of carbonyl (C=O) groups excluding carboxylic acids is 3. The average molecular weight is 486 g/mol. The fraction of sp³-hybridized carbons (Fsp3) is 0.227. The Hall–Kier alpha value is -3.44. The number of ether oxygens (including phenoxy) is 1. The molecule has 9 nitrogen and oxygen atoms in total. The lowest BCUT2D eigenvalue weighted by Gasteiger charge is -2.09. The zero-order valence-electron chi connectivity index (χ0n) is 17.9. The number of benzene rings is 1. The van der Waals surface area contributed by atoms with Gasteiger partial charge in [-0.1, -0.05) is 30.0 Å². The average Bonchev–Trinajstić information content (AvgIpc) is 3.45. The van der Waals surface area contributed by atoms with E-state index in [1.165, 1.54) is 29.2 Å². The van der Waals surface area contributed by atoms with Crippen LogP contribution in [-0.2, 0) is 25.7 Å². The van der Waals surface area contributed by atoms with Gasteiger partial charge in [0.05, 0.1) is 17.2 Å². The highest BCUT2D eigenvalue weighted by atomic mass is 32.2. The molecule has 1 aromatic carbocycles. The molecule has 172 valence electrons. The summed E-state index contributed by atoms with van der Waals surface area (Å²) >= 11 is 2.74. The summed E-state index contributed by atoms with van der Waals surface area (Å²) < 4.78 is 6.65. The molecule has 3 N–H and O–H groups in total. The quantitative estimate of drug-likeness (QED) is 0.242. The van der Waals surface area contributed by atoms with Crippen molar-refractivity contribution >= 4 is 52.6 Å². The van der Waals surface area contributed by atoms with Crippen LogP contribution in [0.15, 0.2) is 53.0 Å². The molecule has 2 aromatic heterocycles. The molecule has 0 spiro atoms. The summed E-state index contributed by atoms with van der Waals surface area (Å²) in [5, 5.41) is 13.7. The second-order valence-corrected chi connectivity index (χ2v) is 8.59. The largest absolute Gasteiger partial charge is 0.463 e. The molecule has 0 aliphatic carbocycles. The summed E-state index contributed by atoms with van der Waals surface area (Å²) in [5.74, 6) is -0.283. The number of nitrogens with zero attached hydrogens (tertiary/aromatic N) is 3. The first-order chi connectivity index (χ1) is 16.0. The van der Waals surface area contributed by atoms with E-state index in [-0.39, 0.29) is 18.1 Å². The number of esters is 1. The molecule has 3 aromatic rings. The van der Waals surface area contributed by atoms with E-state index in [2.05, 4.69) is 15.5 Å². The van der Waals surface area contributed by atoms with E-state index >= 15 is 0 Å². The smallest absolute Gasteiger partial charge is 0.330 e. The predicted octanol–water partition coefficient (Wildman–Crippen LogP) is 3.19. The predicted molar refractivity (Wildman–Crippen MR) is 129 cm³/mol. The zero-order chi connectivity index (χ0) is 23.6. The first kappa shape index (κ1) is 24.2. The van der Waals surface area contributed by atoms with Gasteiger partial charge in [0.2, 0.25) is 11.8 Å². The number of anilines is 1. The minimum Gasteiger partial charge on any atom is -0.463 e. The van der Waals surface area contributed by atoms with Gasteiger partial charge in [0, 0.05) is 24.7 Å². The third-order valence-electron chi connectivity index (χ3n) is 4.27. The Kier molecular flexibility index (Phi) is 8.79. The molecule has 2 amide bonds. The monoisotopic (exact) mass is 485 g/mol. The molecule has 0 fully saturated rings. The van der Waals surface area contributed by atoms with Crippen LogP contribution in [0.5, 0.6) is 0 Å². The van der Waals surface area contributed by atoms with Crippen LogP contribution in [0.2, 0.25) is 0 Å². The van der Waals surface area contributed by atoms with Crippen molar-refractivity contribution in [2.75, 3.05) is 17.7 Å². The van der Waals surface area contributed by atoms with Gasteiger partial charge in [0.15, 0.2) is 11.0 Å². The number of thioether (sulfide) groups is 1. The van der Waals surface area contributed by atoms with E-state index in [1.54, 1.807) is 41.8 Å². The second-order valence-electron chi connectivity index (χ2n) is 6.70. The van der Waals surface area contributed by atoms with Gasteiger partial charge >= 0.3 is 5.97 Å². The van der Waals surface area contributed by atoms with Gasteiger partial charge in [-0.05, 0) is 42.1 Å². The summed E-state index contributed by atoms with van der Waals surface area (Å²) in [6.45, 7) is 2.40. The van der Waals surface area contributed by atoms with Crippen LogP contribution in [-0.4, -0.2) is 44.9 Å². The van der Waals surface area contributed by atoms with Crippen molar-refractivity contribution in [2.45, 2.75) is 25.0 Å². The zero-order valence-corrected chi connectivity index (χ0v) is 19.5. The lowest BCUT2D eigenvalue weighted by molar-refractivity contribution is -0.137. The van der Waals surface area contributed by atoms with Gasteiger partial charge in [-0.3, -0.25) is 9.59 Å². The van der Waals surface area contributed by atoms with E-state index in [9.17, 15) is 14.4 Å². The van der Waals surface area contributed by atoms with Crippen LogP contribution in [0.3, 0.4) is 0 Å². The molecule has 0 saturated carbocycles. The Morgan fingerprint density at radius 3 is 2.67 bits per heavy atom. The number of primary amides is 1. The molecule has 2 heterocycles. The topological polar surface area (TPSA) is 129 Å². The maximum absolute atomic E-state index is 12.4. The first-order valence-electron chi connectivity index (χ1n) is 10.1. The minimum absolute atomic E-state index is 0.115. The Morgan fingerprint density at radius 1 is 1.21 bits per heavy atom. The minimum atomic E-state index is -0.421.